The van der Waals surface area contributed by atoms with E-state index in [1.54, 1.807) is 12.2 Å². The van der Waals surface area contributed by atoms with Gasteiger partial charge >= 0.3 is 6.03 Å². The number of nitrogens with one attached hydrogen (secondary N) is 2. The van der Waals surface area contributed by atoms with Gasteiger partial charge in [0.1, 0.15) is 5.54 Å². The minimum absolute atomic E-state index is 0.00926. The predicted octanol–water partition coefficient (Wildman–Crippen LogP) is 1.44. The number of halogens is 1. The van der Waals surface area contributed by atoms with Crippen molar-refractivity contribution >= 4 is 40.8 Å². The second-order valence-corrected chi connectivity index (χ2v) is 9.18. The van der Waals surface area contributed by atoms with Gasteiger partial charge < -0.3 is 26.6 Å². The molecule has 3 fully saturated rings. The molecule has 2 saturated heterocycles. The van der Waals surface area contributed by atoms with Crippen LogP contribution in [0, 0.1) is 5.92 Å². The first-order chi connectivity index (χ1) is 15.8. The number of urea groups is 1. The Kier molecular flexibility index (Phi) is 6.51. The van der Waals surface area contributed by atoms with Gasteiger partial charge in [-0.05, 0) is 55.0 Å². The number of carbonyl (C=O) groups excluding carboxylic acids is 3. The average Bonchev–Trinajstić information content (AvgIpc) is 3.61. The quantitative estimate of drug-likeness (QED) is 0.269. The van der Waals surface area contributed by atoms with Crippen LogP contribution >= 0.6 is 11.6 Å². The van der Waals surface area contributed by atoms with Crippen LogP contribution in [0.1, 0.15) is 31.2 Å². The third kappa shape index (κ3) is 5.08. The third-order valence-corrected chi connectivity index (χ3v) is 6.70. The van der Waals surface area contributed by atoms with Crippen molar-refractivity contribution in [1.29, 1.82) is 0 Å². The minimum Gasteiger partial charge on any atom is -0.398 e. The van der Waals surface area contributed by atoms with Crippen LogP contribution in [0.3, 0.4) is 0 Å². The van der Waals surface area contributed by atoms with E-state index in [2.05, 4.69) is 15.5 Å². The van der Waals surface area contributed by atoms with Gasteiger partial charge in [0, 0.05) is 44.0 Å². The number of hydrogen-bond acceptors (Lipinski definition) is 6. The smallest absolute Gasteiger partial charge is 0.322 e. The summed E-state index contributed by atoms with van der Waals surface area (Å²) >= 11 is 5.66. The number of imide groups is 1. The van der Waals surface area contributed by atoms with Gasteiger partial charge in [-0.3, -0.25) is 14.9 Å². The Labute approximate surface area is 197 Å². The Morgan fingerprint density at radius 1 is 1.15 bits per heavy atom. The van der Waals surface area contributed by atoms with Crippen molar-refractivity contribution in [1.82, 2.24) is 15.5 Å². The molecular weight excluding hydrogens is 444 g/mol. The molecule has 4 rings (SSSR count). The van der Waals surface area contributed by atoms with E-state index in [0.717, 1.165) is 24.1 Å². The number of benzene rings is 1. The Hall–Kier alpha value is -3.20. The SMILES string of the molecule is N/C(=C\C=C(/N)Cl)c1cccc(N2CCN(C(=O)CCC3(C4CC4)NC(=O)NC3=O)CC2)c1. The minimum atomic E-state index is -0.925. The van der Waals surface area contributed by atoms with Gasteiger partial charge in [-0.2, -0.15) is 0 Å². The van der Waals surface area contributed by atoms with Gasteiger partial charge in [-0.15, -0.1) is 0 Å². The lowest BCUT2D eigenvalue weighted by molar-refractivity contribution is -0.132. The predicted molar refractivity (Wildman–Crippen MR) is 127 cm³/mol. The lowest BCUT2D eigenvalue weighted by Crippen LogP contribution is -2.51. The molecule has 1 aromatic rings. The first-order valence-electron chi connectivity index (χ1n) is 11.1. The summed E-state index contributed by atoms with van der Waals surface area (Å²) in [5, 5.41) is 5.28. The highest BCUT2D eigenvalue weighted by atomic mass is 35.5. The van der Waals surface area contributed by atoms with E-state index in [4.69, 9.17) is 23.1 Å². The molecule has 4 amide bonds. The molecule has 1 aliphatic carbocycles. The first-order valence-corrected chi connectivity index (χ1v) is 11.5. The maximum atomic E-state index is 12.9. The number of nitrogens with zero attached hydrogens (tertiary/aromatic N) is 2. The zero-order valence-electron chi connectivity index (χ0n) is 18.4. The number of rotatable bonds is 7. The van der Waals surface area contributed by atoms with Gasteiger partial charge in [0.2, 0.25) is 5.91 Å². The molecule has 3 aliphatic rings. The van der Waals surface area contributed by atoms with E-state index in [9.17, 15) is 14.4 Å². The molecule has 0 aromatic heterocycles. The van der Waals surface area contributed by atoms with Crippen LogP contribution in [-0.4, -0.2) is 54.5 Å². The van der Waals surface area contributed by atoms with E-state index >= 15 is 0 Å². The molecule has 1 aromatic carbocycles. The maximum absolute atomic E-state index is 12.9. The molecule has 0 radical (unpaired) electrons. The van der Waals surface area contributed by atoms with Crippen molar-refractivity contribution in [3.63, 3.8) is 0 Å². The second-order valence-electron chi connectivity index (χ2n) is 8.75. The van der Waals surface area contributed by atoms with Crippen LogP contribution in [0.4, 0.5) is 10.5 Å². The largest absolute Gasteiger partial charge is 0.398 e. The van der Waals surface area contributed by atoms with Crippen molar-refractivity contribution in [2.45, 2.75) is 31.2 Å². The van der Waals surface area contributed by atoms with E-state index in [-0.39, 0.29) is 29.3 Å². The lowest BCUT2D eigenvalue weighted by atomic mass is 9.87. The molecule has 2 aliphatic heterocycles. The van der Waals surface area contributed by atoms with E-state index in [1.807, 2.05) is 29.2 Å². The number of hydrogen-bond donors (Lipinski definition) is 4. The normalized spacial score (nSPS) is 24.0. The monoisotopic (exact) mass is 472 g/mol. The summed E-state index contributed by atoms with van der Waals surface area (Å²) in [7, 11) is 0. The summed E-state index contributed by atoms with van der Waals surface area (Å²) in [6.45, 7) is 2.57. The molecule has 1 unspecified atom stereocenters. The van der Waals surface area contributed by atoms with Crippen molar-refractivity contribution < 1.29 is 14.4 Å². The summed E-state index contributed by atoms with van der Waals surface area (Å²) in [4.78, 5) is 40.9. The maximum Gasteiger partial charge on any atom is 0.322 e. The fourth-order valence-electron chi connectivity index (χ4n) is 4.57. The average molecular weight is 473 g/mol. The molecule has 1 atom stereocenters. The van der Waals surface area contributed by atoms with Crippen molar-refractivity contribution in [2.75, 3.05) is 31.1 Å². The lowest BCUT2D eigenvalue weighted by Gasteiger charge is -2.37. The number of nitrogens with two attached hydrogens (primary N) is 2. The van der Waals surface area contributed by atoms with Crippen molar-refractivity contribution in [3.05, 3.63) is 47.1 Å². The highest BCUT2D eigenvalue weighted by Gasteiger charge is 2.55. The van der Waals surface area contributed by atoms with Crippen LogP contribution in [0.15, 0.2) is 41.6 Å². The van der Waals surface area contributed by atoms with E-state index in [0.29, 0.717) is 38.3 Å². The summed E-state index contributed by atoms with van der Waals surface area (Å²) in [6, 6.07) is 7.41. The number of amides is 4. The Bertz CT molecular complexity index is 1010. The standard InChI is InChI=1S/C23H29ClN6O3/c24-19(26)7-6-18(25)15-2-1-3-17(14-15)29-10-12-30(13-11-29)20(31)8-9-23(16-4-5-16)21(32)27-22(33)28-23/h1-3,6-7,14,16H,4-5,8-13,25-26H2,(H2,27,28,32,33)/b18-6-,19-7-. The van der Waals surface area contributed by atoms with Gasteiger partial charge in [0.15, 0.2) is 0 Å². The fourth-order valence-corrected chi connectivity index (χ4v) is 4.64. The number of piperazine rings is 1. The molecule has 2 heterocycles. The number of anilines is 1. The molecule has 1 saturated carbocycles. The molecule has 0 bridgehead atoms. The fraction of sp³-hybridized carbons (Fsp3) is 0.435. The highest BCUT2D eigenvalue weighted by molar-refractivity contribution is 6.29. The summed E-state index contributed by atoms with van der Waals surface area (Å²) < 4.78 is 0. The molecular formula is C23H29ClN6O3. The molecule has 6 N–H and O–H groups in total. The van der Waals surface area contributed by atoms with Gasteiger partial charge in [-0.1, -0.05) is 23.7 Å². The van der Waals surface area contributed by atoms with Crippen LogP contribution in [0.2, 0.25) is 0 Å². The van der Waals surface area contributed by atoms with E-state index < -0.39 is 11.6 Å². The first kappa shape index (κ1) is 23.0. The molecule has 176 valence electrons. The topological polar surface area (TPSA) is 134 Å². The number of allylic oxidation sites excluding steroid dienone is 2. The van der Waals surface area contributed by atoms with Crippen molar-refractivity contribution in [3.8, 4) is 0 Å². The Morgan fingerprint density at radius 3 is 2.48 bits per heavy atom. The molecule has 9 nitrogen and oxygen atoms in total. The Morgan fingerprint density at radius 2 is 1.88 bits per heavy atom. The zero-order valence-corrected chi connectivity index (χ0v) is 19.1. The summed E-state index contributed by atoms with van der Waals surface area (Å²) in [6.07, 6.45) is 5.58. The van der Waals surface area contributed by atoms with Crippen LogP contribution in [0.5, 0.6) is 0 Å². The van der Waals surface area contributed by atoms with E-state index in [1.165, 1.54) is 0 Å². The molecule has 0 spiro atoms. The zero-order chi connectivity index (χ0) is 23.6. The van der Waals surface area contributed by atoms with Crippen LogP contribution in [-0.2, 0) is 9.59 Å². The van der Waals surface area contributed by atoms with Crippen LogP contribution < -0.4 is 27.0 Å². The van der Waals surface area contributed by atoms with Crippen LogP contribution in [0.25, 0.3) is 5.70 Å². The summed E-state index contributed by atoms with van der Waals surface area (Å²) in [5.41, 5.74) is 13.1. The molecule has 10 heteroatoms. The highest BCUT2D eigenvalue weighted by Crippen LogP contribution is 2.43. The van der Waals surface area contributed by atoms with Gasteiger partial charge in [0.25, 0.3) is 5.91 Å². The second kappa shape index (κ2) is 9.35. The van der Waals surface area contributed by atoms with Crippen molar-refractivity contribution in [2.24, 2.45) is 17.4 Å². The van der Waals surface area contributed by atoms with Gasteiger partial charge in [0.05, 0.1) is 5.16 Å². The number of carbonyl (C=O) groups is 3. The van der Waals surface area contributed by atoms with Gasteiger partial charge in [-0.25, -0.2) is 4.79 Å². The molecule has 33 heavy (non-hydrogen) atoms. The third-order valence-electron chi connectivity index (χ3n) is 6.58. The Balaban J connectivity index is 1.33. The summed E-state index contributed by atoms with van der Waals surface area (Å²) in [5.74, 6) is -0.168.